The van der Waals surface area contributed by atoms with Crippen LogP contribution in [0.2, 0.25) is 0 Å². The molecule has 0 aromatic heterocycles. The van der Waals surface area contributed by atoms with Gasteiger partial charge in [-0.15, -0.1) is 0 Å². The van der Waals surface area contributed by atoms with Crippen molar-refractivity contribution in [2.24, 2.45) is 17.4 Å². The summed E-state index contributed by atoms with van der Waals surface area (Å²) in [7, 11) is 0. The lowest BCUT2D eigenvalue weighted by atomic mass is 10.5. The quantitative estimate of drug-likeness (QED) is 0.137. The molecule has 15 heavy (non-hydrogen) atoms. The molecular weight excluding hydrogens is 222 g/mol. The summed E-state index contributed by atoms with van der Waals surface area (Å²) in [6.45, 7) is 4.82. The van der Waals surface area contributed by atoms with Gasteiger partial charge in [-0.3, -0.25) is 10.9 Å². The van der Waals surface area contributed by atoms with Gasteiger partial charge in [0.05, 0.1) is 6.10 Å². The third-order valence-corrected chi connectivity index (χ3v) is 1.65. The fourth-order valence-electron chi connectivity index (χ4n) is 0.201. The maximum absolute atomic E-state index is 9.71. The number of halogens is 1. The molecule has 7 nitrogen and oxygen atoms in total. The Balaban J connectivity index is 0. The SMILES string of the molecule is CC1OC1Cl.CCCN.NNC(=O)NN. The van der Waals surface area contributed by atoms with E-state index >= 15 is 0 Å². The van der Waals surface area contributed by atoms with Crippen molar-refractivity contribution in [3.63, 3.8) is 0 Å². The number of hydrazine groups is 2. The van der Waals surface area contributed by atoms with Crippen LogP contribution >= 0.6 is 11.6 Å². The second-order valence-corrected chi connectivity index (χ2v) is 3.03. The smallest absolute Gasteiger partial charge is 0.343 e. The van der Waals surface area contributed by atoms with E-state index in [1.165, 1.54) is 0 Å². The number of nitrogens with two attached hydrogens (primary N) is 3. The summed E-state index contributed by atoms with van der Waals surface area (Å²) in [5, 5.41) is 0. The summed E-state index contributed by atoms with van der Waals surface area (Å²) in [6.07, 6.45) is 1.41. The molecule has 92 valence electrons. The first-order valence-corrected chi connectivity index (χ1v) is 4.93. The summed E-state index contributed by atoms with van der Waals surface area (Å²) in [4.78, 5) is 9.71. The van der Waals surface area contributed by atoms with E-state index in [9.17, 15) is 4.79 Å². The molecule has 0 spiro atoms. The number of urea groups is 1. The molecule has 1 aliphatic rings. The average molecular weight is 242 g/mol. The third-order valence-electron chi connectivity index (χ3n) is 1.19. The normalized spacial score (nSPS) is 21.2. The van der Waals surface area contributed by atoms with Crippen molar-refractivity contribution < 1.29 is 9.53 Å². The van der Waals surface area contributed by atoms with Crippen molar-refractivity contribution in [2.75, 3.05) is 6.54 Å². The van der Waals surface area contributed by atoms with Gasteiger partial charge in [0.25, 0.3) is 0 Å². The van der Waals surface area contributed by atoms with E-state index in [2.05, 4.69) is 23.3 Å². The molecule has 1 fully saturated rings. The lowest BCUT2D eigenvalue weighted by Gasteiger charge is -1.90. The Kier molecular flexibility index (Phi) is 12.9. The fourth-order valence-corrected chi connectivity index (χ4v) is 0.364. The second kappa shape index (κ2) is 11.5. The number of carbonyl (C=O) groups excluding carboxylic acids is 1. The van der Waals surface area contributed by atoms with Crippen molar-refractivity contribution in [3.05, 3.63) is 0 Å². The van der Waals surface area contributed by atoms with E-state index in [-0.39, 0.29) is 5.56 Å². The maximum Gasteiger partial charge on any atom is 0.343 e. The highest BCUT2D eigenvalue weighted by atomic mass is 35.5. The van der Waals surface area contributed by atoms with Gasteiger partial charge in [0.15, 0.2) is 5.56 Å². The molecular formula is C7H20ClN5O2. The molecule has 8 heteroatoms. The second-order valence-electron chi connectivity index (χ2n) is 2.60. The highest BCUT2D eigenvalue weighted by molar-refractivity contribution is 6.21. The number of ether oxygens (including phenoxy) is 1. The Morgan fingerprint density at radius 1 is 1.47 bits per heavy atom. The van der Waals surface area contributed by atoms with Crippen LogP contribution in [0.15, 0.2) is 0 Å². The fraction of sp³-hybridized carbons (Fsp3) is 0.857. The van der Waals surface area contributed by atoms with E-state index < -0.39 is 6.03 Å². The van der Waals surface area contributed by atoms with Crippen LogP contribution in [-0.4, -0.2) is 24.2 Å². The van der Waals surface area contributed by atoms with Gasteiger partial charge in [-0.05, 0) is 19.9 Å². The summed E-state index contributed by atoms with van der Waals surface area (Å²) >= 11 is 5.31. The molecule has 2 atom stereocenters. The van der Waals surface area contributed by atoms with Gasteiger partial charge in [0.1, 0.15) is 0 Å². The molecule has 0 aromatic rings. The summed E-state index contributed by atoms with van der Waals surface area (Å²) in [6, 6.07) is -0.602. The predicted octanol–water partition coefficient (Wildman–Crippen LogP) is -0.642. The minimum Gasteiger partial charge on any atom is -0.353 e. The molecule has 0 aliphatic carbocycles. The zero-order valence-corrected chi connectivity index (χ0v) is 9.75. The van der Waals surface area contributed by atoms with Crippen LogP contribution in [0.5, 0.6) is 0 Å². The van der Waals surface area contributed by atoms with E-state index in [1.54, 1.807) is 10.9 Å². The Morgan fingerprint density at radius 3 is 1.73 bits per heavy atom. The van der Waals surface area contributed by atoms with Gasteiger partial charge in [-0.2, -0.15) is 0 Å². The van der Waals surface area contributed by atoms with Crippen LogP contribution in [0.4, 0.5) is 4.79 Å². The number of amides is 2. The zero-order chi connectivity index (χ0) is 12.3. The number of epoxide rings is 1. The van der Waals surface area contributed by atoms with E-state index in [1.807, 2.05) is 6.92 Å². The first-order chi connectivity index (χ1) is 7.03. The van der Waals surface area contributed by atoms with Gasteiger partial charge in [0, 0.05) is 0 Å². The van der Waals surface area contributed by atoms with E-state index in [4.69, 9.17) is 17.3 Å². The molecule has 8 N–H and O–H groups in total. The van der Waals surface area contributed by atoms with Crippen LogP contribution < -0.4 is 28.3 Å². The highest BCUT2D eigenvalue weighted by Crippen LogP contribution is 2.23. The number of nitrogens with one attached hydrogen (secondary N) is 2. The molecule has 1 saturated heterocycles. The van der Waals surface area contributed by atoms with Gasteiger partial charge in [-0.1, -0.05) is 18.5 Å². The van der Waals surface area contributed by atoms with Gasteiger partial charge >= 0.3 is 6.03 Å². The minimum atomic E-state index is -0.602. The molecule has 0 aromatic carbocycles. The topological polar surface area (TPSA) is 132 Å². The lowest BCUT2D eigenvalue weighted by molar-refractivity contribution is 0.241. The summed E-state index contributed by atoms with van der Waals surface area (Å²) in [5.41, 5.74) is 8.53. The van der Waals surface area contributed by atoms with Gasteiger partial charge in [-0.25, -0.2) is 16.5 Å². The van der Waals surface area contributed by atoms with E-state index in [0.29, 0.717) is 6.10 Å². The molecule has 0 radical (unpaired) electrons. The Labute approximate surface area is 94.6 Å². The average Bonchev–Trinajstić information content (AvgIpc) is 2.92. The summed E-state index contributed by atoms with van der Waals surface area (Å²) in [5.74, 6) is 9.08. The predicted molar refractivity (Wildman–Crippen MR) is 59.6 cm³/mol. The Hall–Kier alpha value is -0.600. The number of rotatable bonds is 1. The van der Waals surface area contributed by atoms with Crippen LogP contribution in [0.3, 0.4) is 0 Å². The molecule has 1 aliphatic heterocycles. The summed E-state index contributed by atoms with van der Waals surface area (Å²) < 4.78 is 4.68. The maximum atomic E-state index is 9.71. The first kappa shape index (κ1) is 16.8. The van der Waals surface area contributed by atoms with Crippen molar-refractivity contribution in [2.45, 2.75) is 31.9 Å². The number of alkyl halides is 1. The third kappa shape index (κ3) is 16.1. The highest BCUT2D eigenvalue weighted by Gasteiger charge is 2.30. The number of hydrogen-bond acceptors (Lipinski definition) is 5. The minimum absolute atomic E-state index is 0.0231. The van der Waals surface area contributed by atoms with Crippen LogP contribution in [0.25, 0.3) is 0 Å². The molecule has 1 rings (SSSR count). The molecule has 0 bridgehead atoms. The molecule has 0 saturated carbocycles. The zero-order valence-electron chi connectivity index (χ0n) is 9.00. The Bertz CT molecular complexity index is 146. The molecule has 2 unspecified atom stereocenters. The molecule has 2 amide bonds. The standard InChI is InChI=1S/C3H5ClO.C3H9N.CH6N4O/c1-2-3(4)5-2;1-2-3-4;2-4-1(6)5-3/h2-3H,1H3;2-4H2,1H3;2-3H2,(H2,4,5,6). The van der Waals surface area contributed by atoms with Crippen molar-refractivity contribution in [1.29, 1.82) is 0 Å². The van der Waals surface area contributed by atoms with Crippen molar-refractivity contribution >= 4 is 17.6 Å². The van der Waals surface area contributed by atoms with Crippen LogP contribution in [0, 0.1) is 0 Å². The monoisotopic (exact) mass is 241 g/mol. The van der Waals surface area contributed by atoms with Crippen molar-refractivity contribution in [3.8, 4) is 0 Å². The number of carbonyl (C=O) groups is 1. The molecule has 1 heterocycles. The Morgan fingerprint density at radius 2 is 1.73 bits per heavy atom. The largest absolute Gasteiger partial charge is 0.353 e. The van der Waals surface area contributed by atoms with Crippen LogP contribution in [0.1, 0.15) is 20.3 Å². The van der Waals surface area contributed by atoms with Crippen molar-refractivity contribution in [1.82, 2.24) is 10.9 Å². The number of hydrogen-bond donors (Lipinski definition) is 5. The first-order valence-electron chi connectivity index (χ1n) is 4.50. The van der Waals surface area contributed by atoms with Crippen LogP contribution in [-0.2, 0) is 4.74 Å². The van der Waals surface area contributed by atoms with Gasteiger partial charge < -0.3 is 10.5 Å². The van der Waals surface area contributed by atoms with E-state index in [0.717, 1.165) is 13.0 Å². The lowest BCUT2D eigenvalue weighted by Crippen LogP contribution is -2.43. The van der Waals surface area contributed by atoms with Gasteiger partial charge in [0.2, 0.25) is 0 Å².